The van der Waals surface area contributed by atoms with E-state index in [4.69, 9.17) is 13.9 Å². The molecule has 0 spiro atoms. The molecule has 0 atom stereocenters. The molecule has 4 nitrogen and oxygen atoms in total. The highest BCUT2D eigenvalue weighted by Gasteiger charge is 2.02. The Morgan fingerprint density at radius 3 is 2.54 bits per heavy atom. The molecular weight excluding hydrogens is 172 g/mol. The molecule has 0 N–H and O–H groups in total. The van der Waals surface area contributed by atoms with Gasteiger partial charge >= 0.3 is 5.97 Å². The van der Waals surface area contributed by atoms with Gasteiger partial charge in [-0.3, -0.25) is 4.79 Å². The predicted molar refractivity (Wildman–Crippen MR) is 44.9 cm³/mol. The number of rotatable bonds is 4. The molecule has 72 valence electrons. The summed E-state index contributed by atoms with van der Waals surface area (Å²) >= 11 is 0. The Balaban J connectivity index is 2.44. The summed E-state index contributed by atoms with van der Waals surface area (Å²) in [7, 11) is 1.59. The van der Waals surface area contributed by atoms with E-state index in [0.29, 0.717) is 12.4 Å². The topological polar surface area (TPSA) is 48.7 Å². The molecule has 0 aliphatic rings. The van der Waals surface area contributed by atoms with Crippen molar-refractivity contribution in [2.24, 2.45) is 0 Å². The fourth-order valence-electron chi connectivity index (χ4n) is 0.892. The van der Waals surface area contributed by atoms with E-state index in [9.17, 15) is 4.79 Å². The maximum absolute atomic E-state index is 10.5. The average molecular weight is 184 g/mol. The van der Waals surface area contributed by atoms with Crippen LogP contribution in [0.15, 0.2) is 16.5 Å². The first-order valence-corrected chi connectivity index (χ1v) is 3.92. The molecule has 0 saturated heterocycles. The molecule has 1 aromatic rings. The van der Waals surface area contributed by atoms with E-state index in [1.54, 1.807) is 19.2 Å². The molecule has 1 heterocycles. The third kappa shape index (κ3) is 3.29. The van der Waals surface area contributed by atoms with Crippen molar-refractivity contribution in [2.45, 2.75) is 20.1 Å². The smallest absolute Gasteiger partial charge is 0.303 e. The van der Waals surface area contributed by atoms with Crippen molar-refractivity contribution < 1.29 is 18.7 Å². The van der Waals surface area contributed by atoms with Crippen LogP contribution < -0.4 is 0 Å². The van der Waals surface area contributed by atoms with E-state index < -0.39 is 0 Å². The molecule has 0 fully saturated rings. The summed E-state index contributed by atoms with van der Waals surface area (Å²) < 4.78 is 14.9. The van der Waals surface area contributed by atoms with Crippen molar-refractivity contribution in [3.8, 4) is 0 Å². The third-order valence-corrected chi connectivity index (χ3v) is 1.42. The van der Waals surface area contributed by atoms with Crippen LogP contribution in [0.3, 0.4) is 0 Å². The summed E-state index contributed by atoms with van der Waals surface area (Å²) in [6.07, 6.45) is 0. The second-order valence-corrected chi connectivity index (χ2v) is 2.58. The van der Waals surface area contributed by atoms with Crippen molar-refractivity contribution in [1.82, 2.24) is 0 Å². The van der Waals surface area contributed by atoms with Gasteiger partial charge in [0, 0.05) is 14.0 Å². The van der Waals surface area contributed by atoms with E-state index in [0.717, 1.165) is 5.76 Å². The van der Waals surface area contributed by atoms with Gasteiger partial charge in [-0.15, -0.1) is 0 Å². The van der Waals surface area contributed by atoms with Crippen LogP contribution in [0.25, 0.3) is 0 Å². The van der Waals surface area contributed by atoms with Crippen LogP contribution >= 0.6 is 0 Å². The molecule has 13 heavy (non-hydrogen) atoms. The van der Waals surface area contributed by atoms with E-state index in [1.807, 2.05) is 0 Å². The van der Waals surface area contributed by atoms with Crippen LogP contribution in [-0.2, 0) is 27.5 Å². The monoisotopic (exact) mass is 184 g/mol. The number of furan rings is 1. The first-order chi connectivity index (χ1) is 6.22. The summed E-state index contributed by atoms with van der Waals surface area (Å²) in [5.41, 5.74) is 0. The van der Waals surface area contributed by atoms with Crippen LogP contribution in [0.1, 0.15) is 18.4 Å². The highest BCUT2D eigenvalue weighted by molar-refractivity contribution is 5.65. The van der Waals surface area contributed by atoms with E-state index in [1.165, 1.54) is 6.92 Å². The normalized spacial score (nSPS) is 10.0. The average Bonchev–Trinajstić information content (AvgIpc) is 2.50. The number of carbonyl (C=O) groups excluding carboxylic acids is 1. The zero-order valence-electron chi connectivity index (χ0n) is 7.70. The molecule has 1 aromatic heterocycles. The number of carbonyl (C=O) groups is 1. The standard InChI is InChI=1S/C9H12O4/c1-7(10)12-6-9-4-3-8(13-9)5-11-2/h3-4H,5-6H2,1-2H3. The zero-order valence-corrected chi connectivity index (χ0v) is 7.70. The Bertz CT molecular complexity index is 277. The highest BCUT2D eigenvalue weighted by Crippen LogP contribution is 2.09. The summed E-state index contributed by atoms with van der Waals surface area (Å²) in [6.45, 7) is 1.97. The molecule has 0 unspecified atom stereocenters. The van der Waals surface area contributed by atoms with Gasteiger partial charge in [0.2, 0.25) is 0 Å². The van der Waals surface area contributed by atoms with Gasteiger partial charge in [0.1, 0.15) is 24.7 Å². The van der Waals surface area contributed by atoms with Crippen LogP contribution in [0, 0.1) is 0 Å². The summed E-state index contributed by atoms with van der Waals surface area (Å²) in [5, 5.41) is 0. The molecule has 0 aliphatic carbocycles. The fourth-order valence-corrected chi connectivity index (χ4v) is 0.892. The van der Waals surface area contributed by atoms with Gasteiger partial charge in [-0.2, -0.15) is 0 Å². The second-order valence-electron chi connectivity index (χ2n) is 2.58. The largest absolute Gasteiger partial charge is 0.460 e. The number of hydrogen-bond donors (Lipinski definition) is 0. The van der Waals surface area contributed by atoms with Crippen molar-refractivity contribution >= 4 is 5.97 Å². The maximum atomic E-state index is 10.5. The molecule has 0 aromatic carbocycles. The lowest BCUT2D eigenvalue weighted by molar-refractivity contribution is -0.142. The van der Waals surface area contributed by atoms with E-state index >= 15 is 0 Å². The first kappa shape index (κ1) is 9.80. The number of esters is 1. The molecule has 0 amide bonds. The number of hydrogen-bond acceptors (Lipinski definition) is 4. The molecule has 4 heteroatoms. The third-order valence-electron chi connectivity index (χ3n) is 1.42. The minimum absolute atomic E-state index is 0.180. The maximum Gasteiger partial charge on any atom is 0.303 e. The summed E-state index contributed by atoms with van der Waals surface area (Å²) in [6, 6.07) is 3.56. The number of ether oxygens (including phenoxy) is 2. The summed E-state index contributed by atoms with van der Waals surface area (Å²) in [4.78, 5) is 10.5. The van der Waals surface area contributed by atoms with Crippen LogP contribution in [0.2, 0.25) is 0 Å². The summed E-state index contributed by atoms with van der Waals surface area (Å²) in [5.74, 6) is 1.04. The van der Waals surface area contributed by atoms with Gasteiger partial charge < -0.3 is 13.9 Å². The lowest BCUT2D eigenvalue weighted by Crippen LogP contribution is -1.97. The molecule has 0 aliphatic heterocycles. The Morgan fingerprint density at radius 2 is 2.00 bits per heavy atom. The van der Waals surface area contributed by atoms with Gasteiger partial charge in [0.05, 0.1) is 0 Å². The SMILES string of the molecule is COCc1ccc(COC(C)=O)o1. The van der Waals surface area contributed by atoms with Crippen LogP contribution in [0.4, 0.5) is 0 Å². The Labute approximate surface area is 76.4 Å². The minimum atomic E-state index is -0.315. The molecule has 0 saturated carbocycles. The fraction of sp³-hybridized carbons (Fsp3) is 0.444. The molecule has 0 bridgehead atoms. The van der Waals surface area contributed by atoms with Crippen LogP contribution in [-0.4, -0.2) is 13.1 Å². The zero-order chi connectivity index (χ0) is 9.68. The van der Waals surface area contributed by atoms with Gasteiger partial charge in [-0.25, -0.2) is 0 Å². The lowest BCUT2D eigenvalue weighted by atomic mass is 10.4. The number of methoxy groups -OCH3 is 1. The van der Waals surface area contributed by atoms with Gasteiger partial charge in [0.25, 0.3) is 0 Å². The van der Waals surface area contributed by atoms with Crippen molar-refractivity contribution in [2.75, 3.05) is 7.11 Å². The molecule has 0 radical (unpaired) electrons. The van der Waals surface area contributed by atoms with Gasteiger partial charge in [-0.1, -0.05) is 0 Å². The van der Waals surface area contributed by atoms with Crippen molar-refractivity contribution in [3.63, 3.8) is 0 Å². The Kier molecular flexibility index (Phi) is 3.52. The quantitative estimate of drug-likeness (QED) is 0.665. The highest BCUT2D eigenvalue weighted by atomic mass is 16.5. The van der Waals surface area contributed by atoms with Crippen molar-refractivity contribution in [1.29, 1.82) is 0 Å². The van der Waals surface area contributed by atoms with E-state index in [2.05, 4.69) is 0 Å². The van der Waals surface area contributed by atoms with Gasteiger partial charge in [-0.05, 0) is 12.1 Å². The molecule has 1 rings (SSSR count). The van der Waals surface area contributed by atoms with Gasteiger partial charge in [0.15, 0.2) is 0 Å². The minimum Gasteiger partial charge on any atom is -0.460 e. The predicted octanol–water partition coefficient (Wildman–Crippen LogP) is 1.49. The Hall–Kier alpha value is -1.29. The van der Waals surface area contributed by atoms with Crippen molar-refractivity contribution in [3.05, 3.63) is 23.7 Å². The van der Waals surface area contributed by atoms with E-state index in [-0.39, 0.29) is 12.6 Å². The second kappa shape index (κ2) is 4.67. The van der Waals surface area contributed by atoms with Crippen LogP contribution in [0.5, 0.6) is 0 Å². The first-order valence-electron chi connectivity index (χ1n) is 3.92. The lowest BCUT2D eigenvalue weighted by Gasteiger charge is -1.97. The Morgan fingerprint density at radius 1 is 1.38 bits per heavy atom. The molecular formula is C9H12O4.